The number of rotatable bonds is 2. The van der Waals surface area contributed by atoms with Gasteiger partial charge in [0.15, 0.2) is 0 Å². The number of halogens is 1. The summed E-state index contributed by atoms with van der Waals surface area (Å²) in [6, 6.07) is 10.5. The van der Waals surface area contributed by atoms with Crippen molar-refractivity contribution < 1.29 is 0 Å². The Morgan fingerprint density at radius 2 is 1.93 bits per heavy atom. The number of allylic oxidation sites excluding steroid dienone is 4. The molecule has 1 unspecified atom stereocenters. The van der Waals surface area contributed by atoms with E-state index in [9.17, 15) is 0 Å². The van der Waals surface area contributed by atoms with Crippen molar-refractivity contribution >= 4 is 11.6 Å². The molecule has 0 bridgehead atoms. The van der Waals surface area contributed by atoms with Crippen LogP contribution in [0.15, 0.2) is 54.6 Å². The van der Waals surface area contributed by atoms with Crippen LogP contribution in [0.25, 0.3) is 0 Å². The minimum Gasteiger partial charge on any atom is -0.125 e. The fourth-order valence-corrected chi connectivity index (χ4v) is 2.18. The Bertz CT molecular complexity index is 351. The first-order valence-electron chi connectivity index (χ1n) is 4.83. The molecule has 1 aliphatic rings. The van der Waals surface area contributed by atoms with Crippen molar-refractivity contribution in [3.8, 4) is 0 Å². The smallest absolute Gasteiger partial charge is 0.0358 e. The Kier molecular flexibility index (Phi) is 2.74. The standard InChI is InChI=1S/C13H13Cl/c14-11-13(9-5-2-6-10-13)12-7-3-1-4-8-12/h1-9H,10-11H2. The van der Waals surface area contributed by atoms with Crippen LogP contribution in [0.1, 0.15) is 12.0 Å². The molecule has 0 aliphatic heterocycles. The van der Waals surface area contributed by atoms with E-state index >= 15 is 0 Å². The van der Waals surface area contributed by atoms with E-state index in [1.54, 1.807) is 0 Å². The Morgan fingerprint density at radius 3 is 2.50 bits per heavy atom. The van der Waals surface area contributed by atoms with E-state index in [2.05, 4.69) is 48.6 Å². The summed E-state index contributed by atoms with van der Waals surface area (Å²) in [4.78, 5) is 0. The first-order valence-corrected chi connectivity index (χ1v) is 5.37. The van der Waals surface area contributed by atoms with Gasteiger partial charge in [-0.15, -0.1) is 11.6 Å². The van der Waals surface area contributed by atoms with Gasteiger partial charge in [-0.05, 0) is 12.0 Å². The molecular weight excluding hydrogens is 192 g/mol. The average Bonchev–Trinajstić information content (AvgIpc) is 2.31. The van der Waals surface area contributed by atoms with Crippen LogP contribution in [-0.2, 0) is 5.41 Å². The molecule has 0 amide bonds. The van der Waals surface area contributed by atoms with Crippen molar-refractivity contribution in [1.82, 2.24) is 0 Å². The monoisotopic (exact) mass is 204 g/mol. The quantitative estimate of drug-likeness (QED) is 0.645. The van der Waals surface area contributed by atoms with Gasteiger partial charge in [0.05, 0.1) is 0 Å². The van der Waals surface area contributed by atoms with Crippen LogP contribution < -0.4 is 0 Å². The second-order valence-corrected chi connectivity index (χ2v) is 3.91. The highest BCUT2D eigenvalue weighted by molar-refractivity contribution is 6.19. The van der Waals surface area contributed by atoms with Gasteiger partial charge >= 0.3 is 0 Å². The fraction of sp³-hybridized carbons (Fsp3) is 0.231. The van der Waals surface area contributed by atoms with Crippen LogP contribution in [0.3, 0.4) is 0 Å². The summed E-state index contributed by atoms with van der Waals surface area (Å²) >= 11 is 6.09. The van der Waals surface area contributed by atoms with E-state index in [0.717, 1.165) is 6.42 Å². The largest absolute Gasteiger partial charge is 0.125 e. The van der Waals surface area contributed by atoms with Gasteiger partial charge in [0.1, 0.15) is 0 Å². The molecule has 0 saturated heterocycles. The lowest BCUT2D eigenvalue weighted by atomic mass is 9.77. The second-order valence-electron chi connectivity index (χ2n) is 3.65. The minimum absolute atomic E-state index is 0.0115. The van der Waals surface area contributed by atoms with E-state index in [1.807, 2.05) is 6.07 Å². The minimum atomic E-state index is 0.0115. The van der Waals surface area contributed by atoms with Crippen LogP contribution in [0.5, 0.6) is 0 Å². The summed E-state index contributed by atoms with van der Waals surface area (Å²) in [5.74, 6) is 0.637. The van der Waals surface area contributed by atoms with Crippen LogP contribution in [0.4, 0.5) is 0 Å². The third-order valence-corrected chi connectivity index (χ3v) is 3.21. The van der Waals surface area contributed by atoms with Crippen molar-refractivity contribution in [2.24, 2.45) is 0 Å². The van der Waals surface area contributed by atoms with E-state index < -0.39 is 0 Å². The predicted molar refractivity (Wildman–Crippen MR) is 61.7 cm³/mol. The van der Waals surface area contributed by atoms with Crippen molar-refractivity contribution in [2.75, 3.05) is 5.88 Å². The van der Waals surface area contributed by atoms with Crippen LogP contribution in [0, 0.1) is 0 Å². The molecule has 0 saturated carbocycles. The van der Waals surface area contributed by atoms with Gasteiger partial charge < -0.3 is 0 Å². The zero-order valence-electron chi connectivity index (χ0n) is 7.99. The Hall–Kier alpha value is -1.01. The molecule has 0 N–H and O–H groups in total. The van der Waals surface area contributed by atoms with Gasteiger partial charge in [-0.1, -0.05) is 54.6 Å². The summed E-state index contributed by atoms with van der Waals surface area (Å²) in [6.45, 7) is 0. The summed E-state index contributed by atoms with van der Waals surface area (Å²) in [6.07, 6.45) is 9.54. The Balaban J connectivity index is 2.39. The highest BCUT2D eigenvalue weighted by Crippen LogP contribution is 2.33. The maximum atomic E-state index is 6.09. The molecule has 1 aromatic carbocycles. The topological polar surface area (TPSA) is 0 Å². The van der Waals surface area contributed by atoms with Gasteiger partial charge in [-0.25, -0.2) is 0 Å². The SMILES string of the molecule is ClCC1(c2ccccc2)C=CC=CC1. The highest BCUT2D eigenvalue weighted by atomic mass is 35.5. The summed E-state index contributed by atoms with van der Waals surface area (Å²) in [5.41, 5.74) is 1.31. The van der Waals surface area contributed by atoms with Crippen LogP contribution >= 0.6 is 11.6 Å². The molecule has 1 aromatic rings. The van der Waals surface area contributed by atoms with Gasteiger partial charge in [0, 0.05) is 11.3 Å². The summed E-state index contributed by atoms with van der Waals surface area (Å²) in [5, 5.41) is 0. The molecule has 1 atom stereocenters. The van der Waals surface area contributed by atoms with E-state index in [1.165, 1.54) is 5.56 Å². The van der Waals surface area contributed by atoms with Crippen molar-refractivity contribution in [3.05, 3.63) is 60.2 Å². The van der Waals surface area contributed by atoms with Gasteiger partial charge in [0.2, 0.25) is 0 Å². The summed E-state index contributed by atoms with van der Waals surface area (Å²) < 4.78 is 0. The number of hydrogen-bond acceptors (Lipinski definition) is 0. The first-order chi connectivity index (χ1) is 6.87. The van der Waals surface area contributed by atoms with E-state index in [-0.39, 0.29) is 5.41 Å². The fourth-order valence-electron chi connectivity index (χ4n) is 1.83. The van der Waals surface area contributed by atoms with Gasteiger partial charge in [0.25, 0.3) is 0 Å². The normalized spacial score (nSPS) is 25.2. The van der Waals surface area contributed by atoms with E-state index in [4.69, 9.17) is 11.6 Å². The maximum Gasteiger partial charge on any atom is 0.0358 e. The van der Waals surface area contributed by atoms with Crippen LogP contribution in [0.2, 0.25) is 0 Å². The number of hydrogen-bond donors (Lipinski definition) is 0. The lowest BCUT2D eigenvalue weighted by Crippen LogP contribution is -2.26. The molecule has 72 valence electrons. The molecular formula is C13H13Cl. The molecule has 14 heavy (non-hydrogen) atoms. The molecule has 0 nitrogen and oxygen atoms in total. The molecule has 0 fully saturated rings. The Morgan fingerprint density at radius 1 is 1.14 bits per heavy atom. The highest BCUT2D eigenvalue weighted by Gasteiger charge is 2.27. The lowest BCUT2D eigenvalue weighted by Gasteiger charge is -2.29. The lowest BCUT2D eigenvalue weighted by molar-refractivity contribution is 0.607. The van der Waals surface area contributed by atoms with Gasteiger partial charge in [-0.3, -0.25) is 0 Å². The molecule has 1 aliphatic carbocycles. The maximum absolute atomic E-state index is 6.09. The average molecular weight is 205 g/mol. The third kappa shape index (κ3) is 1.62. The predicted octanol–water partition coefficient (Wildman–Crippen LogP) is 3.68. The third-order valence-electron chi connectivity index (χ3n) is 2.73. The number of benzene rings is 1. The molecule has 0 spiro atoms. The van der Waals surface area contributed by atoms with Crippen LogP contribution in [-0.4, -0.2) is 5.88 Å². The van der Waals surface area contributed by atoms with Crippen molar-refractivity contribution in [2.45, 2.75) is 11.8 Å². The molecule has 0 radical (unpaired) electrons. The molecule has 0 heterocycles. The van der Waals surface area contributed by atoms with Gasteiger partial charge in [-0.2, -0.15) is 0 Å². The first kappa shape index (κ1) is 9.54. The Labute approximate surface area is 89.9 Å². The van der Waals surface area contributed by atoms with Crippen molar-refractivity contribution in [1.29, 1.82) is 0 Å². The zero-order valence-corrected chi connectivity index (χ0v) is 8.74. The molecule has 0 aromatic heterocycles. The second kappa shape index (κ2) is 4.02. The molecule has 1 heteroatoms. The van der Waals surface area contributed by atoms with Crippen molar-refractivity contribution in [3.63, 3.8) is 0 Å². The zero-order chi connectivity index (χ0) is 9.86. The molecule has 2 rings (SSSR count). The summed E-state index contributed by atoms with van der Waals surface area (Å²) in [7, 11) is 0. The number of alkyl halides is 1. The van der Waals surface area contributed by atoms with E-state index in [0.29, 0.717) is 5.88 Å².